The lowest BCUT2D eigenvalue weighted by Crippen LogP contribution is -2.36. The molecule has 6 nitrogen and oxygen atoms in total. The second kappa shape index (κ2) is 11.3. The van der Waals surface area contributed by atoms with Crippen LogP contribution < -0.4 is 20.7 Å². The number of anilines is 1. The molecule has 2 aromatic carbocycles. The Morgan fingerprint density at radius 3 is 2.52 bits per heavy atom. The molecule has 0 amide bonds. The molecule has 0 spiro atoms. The summed E-state index contributed by atoms with van der Waals surface area (Å²) in [5.41, 5.74) is 3.43. The van der Waals surface area contributed by atoms with Gasteiger partial charge in [-0.15, -0.1) is 0 Å². The summed E-state index contributed by atoms with van der Waals surface area (Å²) >= 11 is 0. The van der Waals surface area contributed by atoms with E-state index in [2.05, 4.69) is 51.3 Å². The van der Waals surface area contributed by atoms with Crippen LogP contribution in [-0.4, -0.2) is 39.9 Å². The van der Waals surface area contributed by atoms with Gasteiger partial charge in [-0.1, -0.05) is 30.3 Å². The number of nitrogens with one attached hydrogen (secondary N) is 3. The lowest BCUT2D eigenvalue weighted by Gasteiger charge is -2.15. The highest BCUT2D eigenvalue weighted by Gasteiger charge is 2.22. The van der Waals surface area contributed by atoms with Crippen molar-refractivity contribution < 1.29 is 9.47 Å². The number of hydrogen-bond acceptors (Lipinski definition) is 4. The fraction of sp³-hybridized carbons (Fsp3) is 0.435. The van der Waals surface area contributed by atoms with E-state index < -0.39 is 0 Å². The Bertz CT molecular complexity index is 773. The van der Waals surface area contributed by atoms with Gasteiger partial charge < -0.3 is 25.4 Å². The summed E-state index contributed by atoms with van der Waals surface area (Å²) in [5.74, 6) is 2.47. The molecule has 2 aromatic rings. The van der Waals surface area contributed by atoms with Gasteiger partial charge in [-0.05, 0) is 42.5 Å². The highest BCUT2D eigenvalue weighted by atomic mass is 16.5. The first-order valence-electron chi connectivity index (χ1n) is 10.3. The van der Waals surface area contributed by atoms with Crippen LogP contribution in [0.3, 0.4) is 0 Å². The van der Waals surface area contributed by atoms with E-state index in [-0.39, 0.29) is 0 Å². The zero-order chi connectivity index (χ0) is 20.3. The van der Waals surface area contributed by atoms with Gasteiger partial charge in [0, 0.05) is 45.0 Å². The second-order valence-corrected chi connectivity index (χ2v) is 7.26. The molecule has 0 aromatic heterocycles. The smallest absolute Gasteiger partial charge is 0.191 e. The third-order valence-corrected chi connectivity index (χ3v) is 4.86. The van der Waals surface area contributed by atoms with Crippen molar-refractivity contribution in [2.45, 2.75) is 25.9 Å². The molecule has 1 aliphatic carbocycles. The quantitative estimate of drug-likeness (QED) is 0.309. The first-order chi connectivity index (χ1) is 14.3. The zero-order valence-electron chi connectivity index (χ0n) is 17.4. The van der Waals surface area contributed by atoms with Gasteiger partial charge in [-0.3, -0.25) is 4.99 Å². The number of nitrogens with zero attached hydrogens (tertiary/aromatic N) is 1. The van der Waals surface area contributed by atoms with Crippen LogP contribution in [0, 0.1) is 5.92 Å². The molecule has 1 fully saturated rings. The number of ether oxygens (including phenoxy) is 2. The van der Waals surface area contributed by atoms with E-state index in [0.717, 1.165) is 42.0 Å². The molecule has 0 heterocycles. The lowest BCUT2D eigenvalue weighted by atomic mass is 10.2. The van der Waals surface area contributed by atoms with Crippen molar-refractivity contribution in [3.63, 3.8) is 0 Å². The van der Waals surface area contributed by atoms with Crippen molar-refractivity contribution in [1.29, 1.82) is 0 Å². The van der Waals surface area contributed by atoms with Crippen LogP contribution in [0.2, 0.25) is 0 Å². The lowest BCUT2D eigenvalue weighted by molar-refractivity contribution is 0.211. The average Bonchev–Trinajstić information content (AvgIpc) is 3.59. The Labute approximate surface area is 173 Å². The van der Waals surface area contributed by atoms with E-state index >= 15 is 0 Å². The number of methoxy groups -OCH3 is 1. The fourth-order valence-corrected chi connectivity index (χ4v) is 2.91. The van der Waals surface area contributed by atoms with Gasteiger partial charge >= 0.3 is 0 Å². The maximum Gasteiger partial charge on any atom is 0.191 e. The number of aliphatic imine (C=N–C) groups is 1. The van der Waals surface area contributed by atoms with Crippen LogP contribution >= 0.6 is 0 Å². The SMILES string of the molecule is CN=C(NCc1ccc(NCCOC)cc1)NCc1ccccc1OCC1CC1. The molecule has 0 radical (unpaired) electrons. The highest BCUT2D eigenvalue weighted by Crippen LogP contribution is 2.30. The van der Waals surface area contributed by atoms with Crippen molar-refractivity contribution in [2.24, 2.45) is 10.9 Å². The molecule has 0 aliphatic heterocycles. The van der Waals surface area contributed by atoms with E-state index in [9.17, 15) is 0 Å². The summed E-state index contributed by atoms with van der Waals surface area (Å²) in [5, 5.41) is 10.1. The highest BCUT2D eigenvalue weighted by molar-refractivity contribution is 5.79. The minimum absolute atomic E-state index is 0.670. The van der Waals surface area contributed by atoms with Crippen molar-refractivity contribution >= 4 is 11.6 Å². The second-order valence-electron chi connectivity index (χ2n) is 7.26. The predicted octanol–water partition coefficient (Wildman–Crippen LogP) is 3.40. The Balaban J connectivity index is 1.45. The maximum atomic E-state index is 5.99. The van der Waals surface area contributed by atoms with Gasteiger partial charge in [0.25, 0.3) is 0 Å². The van der Waals surface area contributed by atoms with Gasteiger partial charge in [0.2, 0.25) is 0 Å². The van der Waals surface area contributed by atoms with Crippen LogP contribution in [0.5, 0.6) is 5.75 Å². The molecular weight excluding hydrogens is 364 g/mol. The summed E-state index contributed by atoms with van der Waals surface area (Å²) in [6, 6.07) is 16.6. The molecule has 1 aliphatic rings. The van der Waals surface area contributed by atoms with Gasteiger partial charge in [-0.2, -0.15) is 0 Å². The van der Waals surface area contributed by atoms with E-state index in [1.165, 1.54) is 18.4 Å². The number of rotatable bonds is 11. The Morgan fingerprint density at radius 1 is 1.03 bits per heavy atom. The summed E-state index contributed by atoms with van der Waals surface area (Å²) in [6.45, 7) is 3.69. The molecule has 0 atom stereocenters. The minimum Gasteiger partial charge on any atom is -0.493 e. The topological polar surface area (TPSA) is 66.9 Å². The Hall–Kier alpha value is -2.73. The van der Waals surface area contributed by atoms with Crippen molar-refractivity contribution in [2.75, 3.05) is 39.2 Å². The van der Waals surface area contributed by atoms with E-state index in [4.69, 9.17) is 9.47 Å². The van der Waals surface area contributed by atoms with E-state index in [1.807, 2.05) is 18.2 Å². The molecule has 1 saturated carbocycles. The molecule has 29 heavy (non-hydrogen) atoms. The molecule has 0 bridgehead atoms. The summed E-state index contributed by atoms with van der Waals surface area (Å²) < 4.78 is 11.0. The summed E-state index contributed by atoms with van der Waals surface area (Å²) in [4.78, 5) is 4.33. The largest absolute Gasteiger partial charge is 0.493 e. The standard InChI is InChI=1S/C23H32N4O2/c1-24-23(26-15-18-9-11-21(12-10-18)25-13-14-28-2)27-16-20-5-3-4-6-22(20)29-17-19-7-8-19/h3-6,9-12,19,25H,7-8,13-17H2,1-2H3,(H2,24,26,27). The number of guanidine groups is 1. The maximum absolute atomic E-state index is 5.99. The van der Waals surface area contributed by atoms with Gasteiger partial charge in [-0.25, -0.2) is 0 Å². The number of hydrogen-bond donors (Lipinski definition) is 3. The van der Waals surface area contributed by atoms with Gasteiger partial charge in [0.05, 0.1) is 13.2 Å². The van der Waals surface area contributed by atoms with Crippen LogP contribution in [0.25, 0.3) is 0 Å². The number of para-hydroxylation sites is 1. The van der Waals surface area contributed by atoms with E-state index in [1.54, 1.807) is 14.2 Å². The third kappa shape index (κ3) is 7.31. The molecule has 156 valence electrons. The molecule has 0 unspecified atom stereocenters. The van der Waals surface area contributed by atoms with Gasteiger partial charge in [0.1, 0.15) is 5.75 Å². The molecular formula is C23H32N4O2. The molecule has 6 heteroatoms. The van der Waals surface area contributed by atoms with Gasteiger partial charge in [0.15, 0.2) is 5.96 Å². The normalized spacial score (nSPS) is 13.8. The Morgan fingerprint density at radius 2 is 1.79 bits per heavy atom. The minimum atomic E-state index is 0.670. The van der Waals surface area contributed by atoms with Crippen molar-refractivity contribution in [3.05, 3.63) is 59.7 Å². The predicted molar refractivity (Wildman–Crippen MR) is 119 cm³/mol. The summed E-state index contributed by atoms with van der Waals surface area (Å²) in [6.07, 6.45) is 2.59. The van der Waals surface area contributed by atoms with Crippen molar-refractivity contribution in [3.8, 4) is 5.75 Å². The fourth-order valence-electron chi connectivity index (χ4n) is 2.91. The zero-order valence-corrected chi connectivity index (χ0v) is 17.4. The summed E-state index contributed by atoms with van der Waals surface area (Å²) in [7, 11) is 3.49. The van der Waals surface area contributed by atoms with Crippen molar-refractivity contribution in [1.82, 2.24) is 10.6 Å². The molecule has 0 saturated heterocycles. The Kier molecular flexibility index (Phi) is 8.19. The van der Waals surface area contributed by atoms with Crippen LogP contribution in [0.1, 0.15) is 24.0 Å². The average molecular weight is 397 g/mol. The first-order valence-corrected chi connectivity index (χ1v) is 10.3. The first kappa shape index (κ1) is 21.0. The van der Waals surface area contributed by atoms with Crippen LogP contribution in [-0.2, 0) is 17.8 Å². The molecule has 3 rings (SSSR count). The van der Waals surface area contributed by atoms with Crippen LogP contribution in [0.4, 0.5) is 5.69 Å². The van der Waals surface area contributed by atoms with Crippen LogP contribution in [0.15, 0.2) is 53.5 Å². The monoisotopic (exact) mass is 396 g/mol. The molecule has 3 N–H and O–H groups in total. The third-order valence-electron chi connectivity index (χ3n) is 4.86. The number of benzene rings is 2. The van der Waals surface area contributed by atoms with E-state index in [0.29, 0.717) is 19.7 Å².